The van der Waals surface area contributed by atoms with Gasteiger partial charge in [0, 0.05) is 58.2 Å². The minimum absolute atomic E-state index is 0. The summed E-state index contributed by atoms with van der Waals surface area (Å²) in [4.78, 5) is 0. The van der Waals surface area contributed by atoms with Crippen molar-refractivity contribution >= 4 is 121 Å². The maximum absolute atomic E-state index is 2.53. The van der Waals surface area contributed by atoms with E-state index in [1.165, 1.54) is 0 Å². The summed E-state index contributed by atoms with van der Waals surface area (Å²) in [7, 11) is -0.747. The molecule has 0 spiro atoms. The van der Waals surface area contributed by atoms with Crippen molar-refractivity contribution in [2.45, 2.75) is 0 Å². The smallest absolute Gasteiger partial charge is 0 e. The van der Waals surface area contributed by atoms with Crippen molar-refractivity contribution in [2.24, 2.45) is 0 Å². The predicted molar refractivity (Wildman–Crippen MR) is 60.8 cm³/mol. The van der Waals surface area contributed by atoms with Crippen LogP contribution in [-0.2, 0) is 0 Å². The third-order valence-electron chi connectivity index (χ3n) is 0. The molecule has 0 unspecified atom stereocenters. The molecule has 0 aliphatic heterocycles. The Labute approximate surface area is 127 Å². The van der Waals surface area contributed by atoms with Crippen LogP contribution < -0.4 is 0 Å². The first-order valence-electron chi connectivity index (χ1n) is 0.567. The SMILES string of the molecule is O.O.[I][Pb]([I])[I].[Rb]. The summed E-state index contributed by atoms with van der Waals surface area (Å²) < 4.78 is 0. The Bertz CT molecular complexity index is 17.7. The van der Waals surface area contributed by atoms with Gasteiger partial charge in [0.2, 0.25) is 0 Å². The molecular formula is H4I3O2PbRb. The monoisotopic (exact) mass is 710 g/mol. The van der Waals surface area contributed by atoms with Crippen molar-refractivity contribution in [3.05, 3.63) is 0 Å². The van der Waals surface area contributed by atoms with Gasteiger partial charge >= 0.3 is 63.1 Å². The van der Waals surface area contributed by atoms with E-state index in [0.717, 1.165) is 0 Å². The van der Waals surface area contributed by atoms with Crippen molar-refractivity contribution in [1.29, 1.82) is 0 Å². The summed E-state index contributed by atoms with van der Waals surface area (Å²) in [5, 5.41) is 0. The summed E-state index contributed by atoms with van der Waals surface area (Å²) in [6.07, 6.45) is 0. The number of hydrogen-bond acceptors (Lipinski definition) is 0. The molecule has 0 amide bonds. The fourth-order valence-electron chi connectivity index (χ4n) is 0. The fraction of sp³-hybridized carbons (Fsp3) is 0. The minimum atomic E-state index is -0.747. The largest absolute Gasteiger partial charge is 0 e. The molecule has 0 aliphatic carbocycles. The van der Waals surface area contributed by atoms with Crippen LogP contribution in [0.4, 0.5) is 0 Å². The second-order valence-electron chi connectivity index (χ2n) is 0.214. The molecule has 4 N–H and O–H groups in total. The summed E-state index contributed by atoms with van der Waals surface area (Å²) in [6, 6.07) is 0. The summed E-state index contributed by atoms with van der Waals surface area (Å²) >= 11 is 7.59. The van der Waals surface area contributed by atoms with Crippen LogP contribution in [0.15, 0.2) is 0 Å². The molecule has 0 heterocycles. The molecule has 0 saturated carbocycles. The molecule has 7 heteroatoms. The van der Waals surface area contributed by atoms with Gasteiger partial charge in [0.25, 0.3) is 0 Å². The zero-order valence-electron chi connectivity index (χ0n) is 3.63. The number of halogens is 3. The second kappa shape index (κ2) is 17.1. The van der Waals surface area contributed by atoms with Gasteiger partial charge in [0.1, 0.15) is 0 Å². The van der Waals surface area contributed by atoms with Crippen molar-refractivity contribution in [3.8, 4) is 0 Å². The van der Waals surface area contributed by atoms with Crippen molar-refractivity contribution in [3.63, 3.8) is 0 Å². The van der Waals surface area contributed by atoms with E-state index in [-0.39, 0.29) is 69.1 Å². The quantitative estimate of drug-likeness (QED) is 0.256. The molecular weight excluding hydrogens is 705 g/mol. The van der Waals surface area contributed by atoms with E-state index in [1.807, 2.05) is 0 Å². The Hall–Kier alpha value is 4.84. The summed E-state index contributed by atoms with van der Waals surface area (Å²) in [5.41, 5.74) is 0. The van der Waals surface area contributed by atoms with Crippen LogP contribution in [0, 0.1) is 0 Å². The molecule has 2 radical (unpaired) electrons. The average Bonchev–Trinajstić information content (AvgIpc) is 0.811. The third kappa shape index (κ3) is 36.2. The van der Waals surface area contributed by atoms with E-state index in [9.17, 15) is 0 Å². The first-order chi connectivity index (χ1) is 1.73. The maximum atomic E-state index is 2.53. The van der Waals surface area contributed by atoms with E-state index in [2.05, 4.69) is 53.3 Å². The Morgan fingerprint density at radius 1 is 0.857 bits per heavy atom. The van der Waals surface area contributed by atoms with E-state index in [1.54, 1.807) is 0 Å². The zero-order chi connectivity index (χ0) is 3.58. The standard InChI is InChI=1S/3HI.2H2O.Pb.Rb/h3*1H;2*1H2;;/q;;;;;+3;/p-3. The third-order valence-corrected chi connectivity index (χ3v) is 0. The average molecular weight is 709 g/mol. The van der Waals surface area contributed by atoms with Crippen LogP contribution >= 0.6 is 53.3 Å². The van der Waals surface area contributed by atoms with Crippen molar-refractivity contribution in [1.82, 2.24) is 0 Å². The van der Waals surface area contributed by atoms with Crippen LogP contribution in [-0.4, -0.2) is 79.0 Å². The first kappa shape index (κ1) is 22.6. The Kier molecular flexibility index (Phi) is 55.2. The van der Waals surface area contributed by atoms with Crippen molar-refractivity contribution < 1.29 is 11.0 Å². The van der Waals surface area contributed by atoms with E-state index in [0.29, 0.717) is 0 Å². The molecule has 7 heavy (non-hydrogen) atoms. The van der Waals surface area contributed by atoms with Crippen LogP contribution in [0.1, 0.15) is 0 Å². The van der Waals surface area contributed by atoms with Crippen LogP contribution in [0.25, 0.3) is 0 Å². The molecule has 0 aromatic rings. The second-order valence-corrected chi connectivity index (χ2v) is 84.6. The Morgan fingerprint density at radius 3 is 0.857 bits per heavy atom. The molecule has 0 saturated heterocycles. The van der Waals surface area contributed by atoms with Gasteiger partial charge in [-0.15, -0.1) is 0 Å². The molecule has 0 rings (SSSR count). The van der Waals surface area contributed by atoms with Gasteiger partial charge in [-0.1, -0.05) is 0 Å². The van der Waals surface area contributed by atoms with E-state index in [4.69, 9.17) is 0 Å². The molecule has 0 fully saturated rings. The molecule has 42 valence electrons. The number of hydrogen-bond donors (Lipinski definition) is 0. The predicted octanol–water partition coefficient (Wildman–Crippen LogP) is 0.246. The van der Waals surface area contributed by atoms with Crippen molar-refractivity contribution in [2.75, 3.05) is 0 Å². The molecule has 0 aromatic carbocycles. The summed E-state index contributed by atoms with van der Waals surface area (Å²) in [6.45, 7) is 0. The van der Waals surface area contributed by atoms with Gasteiger partial charge in [0.05, 0.1) is 0 Å². The van der Waals surface area contributed by atoms with E-state index >= 15 is 0 Å². The maximum Gasteiger partial charge on any atom is 0 e. The molecule has 0 aromatic heterocycles. The zero-order valence-corrected chi connectivity index (χ0v) is 18.9. The topological polar surface area (TPSA) is 63.0 Å². The van der Waals surface area contributed by atoms with Crippen LogP contribution in [0.5, 0.6) is 0 Å². The molecule has 0 atom stereocenters. The van der Waals surface area contributed by atoms with Gasteiger partial charge in [-0.25, -0.2) is 0 Å². The minimum Gasteiger partial charge on any atom is 0 e. The molecule has 0 bridgehead atoms. The van der Waals surface area contributed by atoms with E-state index < -0.39 is 9.82 Å². The van der Waals surface area contributed by atoms with Gasteiger partial charge in [-0.05, 0) is 0 Å². The normalized spacial score (nSPS) is 5.14. The van der Waals surface area contributed by atoms with Gasteiger partial charge in [-0.3, -0.25) is 0 Å². The first-order valence-corrected chi connectivity index (χ1v) is 33.4. The number of rotatable bonds is 0. The van der Waals surface area contributed by atoms with Gasteiger partial charge < -0.3 is 11.0 Å². The van der Waals surface area contributed by atoms with Crippen LogP contribution in [0.3, 0.4) is 0 Å². The van der Waals surface area contributed by atoms with Crippen LogP contribution in [0.2, 0.25) is 0 Å². The Morgan fingerprint density at radius 2 is 0.857 bits per heavy atom. The molecule has 0 aliphatic rings. The molecule has 2 nitrogen and oxygen atoms in total. The van der Waals surface area contributed by atoms with Gasteiger partial charge in [-0.2, -0.15) is 0 Å². The van der Waals surface area contributed by atoms with Gasteiger partial charge in [0.15, 0.2) is 0 Å². The fourth-order valence-corrected chi connectivity index (χ4v) is 0. The Balaban J connectivity index is -0.0000000150. The summed E-state index contributed by atoms with van der Waals surface area (Å²) in [5.74, 6) is 0.